The summed E-state index contributed by atoms with van der Waals surface area (Å²) in [6.07, 6.45) is 6.27. The molecule has 0 amide bonds. The number of hydrogen-bond donors (Lipinski definition) is 1. The molecule has 0 bridgehead atoms. The van der Waals surface area contributed by atoms with E-state index in [2.05, 4.69) is 5.10 Å². The second-order valence-electron chi connectivity index (χ2n) is 7.49. The van der Waals surface area contributed by atoms with E-state index in [9.17, 15) is 19.5 Å². The first-order chi connectivity index (χ1) is 15.5. The fourth-order valence-corrected chi connectivity index (χ4v) is 3.40. The number of carbonyl (C=O) groups is 2. The second kappa shape index (κ2) is 10.5. The van der Waals surface area contributed by atoms with Crippen molar-refractivity contribution in [2.45, 2.75) is 46.1 Å². The molecule has 0 unspecified atom stereocenters. The van der Waals surface area contributed by atoms with Crippen molar-refractivity contribution in [2.24, 2.45) is 0 Å². The predicted octanol–water partition coefficient (Wildman–Crippen LogP) is 4.71. The molecule has 166 valence electrons. The van der Waals surface area contributed by atoms with Crippen molar-refractivity contribution in [3.63, 3.8) is 0 Å². The molecule has 0 saturated heterocycles. The number of carbonyl (C=O) groups excluding carboxylic acids is 1. The van der Waals surface area contributed by atoms with Gasteiger partial charge in [-0.2, -0.15) is 0 Å². The molecule has 3 rings (SSSR count). The molecular formula is C25H27N3O4. The monoisotopic (exact) mass is 433 g/mol. The summed E-state index contributed by atoms with van der Waals surface area (Å²) in [4.78, 5) is 36.8. The van der Waals surface area contributed by atoms with Gasteiger partial charge in [-0.3, -0.25) is 9.36 Å². The van der Waals surface area contributed by atoms with Crippen molar-refractivity contribution >= 4 is 18.0 Å². The zero-order chi connectivity index (χ0) is 23.1. The Balaban J connectivity index is 1.92. The Morgan fingerprint density at radius 2 is 1.78 bits per heavy atom. The van der Waals surface area contributed by atoms with Crippen LogP contribution in [0.4, 0.5) is 0 Å². The number of benzene rings is 2. The minimum absolute atomic E-state index is 0.232. The van der Waals surface area contributed by atoms with Crippen molar-refractivity contribution in [3.05, 3.63) is 82.0 Å². The summed E-state index contributed by atoms with van der Waals surface area (Å²) in [6, 6.07) is 14.2. The van der Waals surface area contributed by atoms with Crippen LogP contribution < -0.4 is 5.69 Å². The number of aromatic carboxylic acids is 1. The third-order valence-corrected chi connectivity index (χ3v) is 5.14. The summed E-state index contributed by atoms with van der Waals surface area (Å²) in [5, 5.41) is 13.7. The number of carboxylic acids is 1. The SMILES string of the molecule is CCC=Cc1nn(C(=O)CCCC)c(=O)n1Cc1ccc(-c2ccccc2C(=O)O)cc1. The van der Waals surface area contributed by atoms with Crippen LogP contribution in [0.5, 0.6) is 0 Å². The summed E-state index contributed by atoms with van der Waals surface area (Å²) in [6.45, 7) is 4.22. The lowest BCUT2D eigenvalue weighted by atomic mass is 9.99. The molecule has 1 N–H and O–H groups in total. The fraction of sp³-hybridized carbons (Fsp3) is 0.280. The van der Waals surface area contributed by atoms with Crippen LogP contribution in [0, 0.1) is 0 Å². The molecule has 7 nitrogen and oxygen atoms in total. The molecule has 3 aromatic rings. The van der Waals surface area contributed by atoms with E-state index < -0.39 is 11.7 Å². The Hall–Kier alpha value is -3.74. The van der Waals surface area contributed by atoms with Gasteiger partial charge in [-0.1, -0.05) is 68.8 Å². The molecule has 0 atom stereocenters. The lowest BCUT2D eigenvalue weighted by Gasteiger charge is -2.08. The molecule has 32 heavy (non-hydrogen) atoms. The van der Waals surface area contributed by atoms with E-state index in [1.165, 1.54) is 4.57 Å². The number of allylic oxidation sites excluding steroid dienone is 1. The fourth-order valence-electron chi connectivity index (χ4n) is 3.40. The number of rotatable bonds is 9. The van der Waals surface area contributed by atoms with Gasteiger partial charge >= 0.3 is 11.7 Å². The van der Waals surface area contributed by atoms with E-state index in [-0.39, 0.29) is 24.4 Å². The van der Waals surface area contributed by atoms with Crippen molar-refractivity contribution < 1.29 is 14.7 Å². The zero-order valence-electron chi connectivity index (χ0n) is 18.3. The maximum atomic E-state index is 12.9. The largest absolute Gasteiger partial charge is 0.478 e. The Morgan fingerprint density at radius 1 is 1.06 bits per heavy atom. The summed E-state index contributed by atoms with van der Waals surface area (Å²) >= 11 is 0. The summed E-state index contributed by atoms with van der Waals surface area (Å²) < 4.78 is 2.44. The van der Waals surface area contributed by atoms with E-state index >= 15 is 0 Å². The van der Waals surface area contributed by atoms with Gasteiger partial charge in [0.1, 0.15) is 0 Å². The van der Waals surface area contributed by atoms with Crippen LogP contribution in [0.1, 0.15) is 66.1 Å². The first kappa shape index (κ1) is 22.9. The van der Waals surface area contributed by atoms with Gasteiger partial charge in [0.2, 0.25) is 0 Å². The number of aromatic nitrogens is 3. The normalized spacial score (nSPS) is 11.2. The smallest absolute Gasteiger partial charge is 0.353 e. The molecule has 0 aliphatic carbocycles. The van der Waals surface area contributed by atoms with Gasteiger partial charge in [-0.05, 0) is 41.7 Å². The van der Waals surface area contributed by atoms with Gasteiger partial charge in [-0.25, -0.2) is 9.59 Å². The van der Waals surface area contributed by atoms with Crippen LogP contribution in [-0.4, -0.2) is 31.3 Å². The van der Waals surface area contributed by atoms with Crippen LogP contribution in [0.2, 0.25) is 0 Å². The average molecular weight is 434 g/mol. The molecule has 0 spiro atoms. The quantitative estimate of drug-likeness (QED) is 0.527. The molecule has 1 aromatic heterocycles. The highest BCUT2D eigenvalue weighted by atomic mass is 16.4. The molecule has 0 aliphatic heterocycles. The second-order valence-corrected chi connectivity index (χ2v) is 7.49. The van der Waals surface area contributed by atoms with Crippen molar-refractivity contribution in [1.29, 1.82) is 0 Å². The number of unbranched alkanes of at least 4 members (excludes halogenated alkanes) is 1. The molecule has 0 radical (unpaired) electrons. The highest BCUT2D eigenvalue weighted by Crippen LogP contribution is 2.24. The number of hydrogen-bond acceptors (Lipinski definition) is 4. The van der Waals surface area contributed by atoms with E-state index in [1.807, 2.05) is 44.2 Å². The Kier molecular flexibility index (Phi) is 7.54. The molecular weight excluding hydrogens is 406 g/mol. The third kappa shape index (κ3) is 5.11. The molecule has 2 aromatic carbocycles. The van der Waals surface area contributed by atoms with Crippen molar-refractivity contribution in [3.8, 4) is 11.1 Å². The first-order valence-corrected chi connectivity index (χ1v) is 10.8. The summed E-state index contributed by atoms with van der Waals surface area (Å²) in [7, 11) is 0. The van der Waals surface area contributed by atoms with Gasteiger partial charge in [-0.15, -0.1) is 9.78 Å². The molecule has 7 heteroatoms. The third-order valence-electron chi connectivity index (χ3n) is 5.14. The zero-order valence-corrected chi connectivity index (χ0v) is 18.3. The molecule has 0 saturated carbocycles. The Morgan fingerprint density at radius 3 is 2.44 bits per heavy atom. The Labute approximate surface area is 186 Å². The number of nitrogens with zero attached hydrogens (tertiary/aromatic N) is 3. The van der Waals surface area contributed by atoms with E-state index in [4.69, 9.17) is 0 Å². The maximum absolute atomic E-state index is 12.9. The standard InChI is InChI=1S/C25H27N3O4/c1-3-5-11-22-26-28(23(29)12-6-4-2)25(32)27(22)17-18-13-15-19(16-14-18)20-9-7-8-10-21(20)24(30)31/h5,7-11,13-16H,3-4,6,12,17H2,1-2H3,(H,30,31). The van der Waals surface area contributed by atoms with Crippen LogP contribution in [-0.2, 0) is 6.54 Å². The molecule has 0 aliphatic rings. The van der Waals surface area contributed by atoms with Gasteiger partial charge in [0.25, 0.3) is 5.91 Å². The van der Waals surface area contributed by atoms with E-state index in [1.54, 1.807) is 30.3 Å². The predicted molar refractivity (Wildman–Crippen MR) is 124 cm³/mol. The lowest BCUT2D eigenvalue weighted by molar-refractivity contribution is 0.0697. The van der Waals surface area contributed by atoms with Gasteiger partial charge in [0.05, 0.1) is 12.1 Å². The Bertz CT molecular complexity index is 1190. The van der Waals surface area contributed by atoms with Crippen LogP contribution in [0.3, 0.4) is 0 Å². The first-order valence-electron chi connectivity index (χ1n) is 10.8. The van der Waals surface area contributed by atoms with Crippen molar-refractivity contribution in [2.75, 3.05) is 0 Å². The topological polar surface area (TPSA) is 94.2 Å². The minimum Gasteiger partial charge on any atom is -0.478 e. The average Bonchev–Trinajstić information content (AvgIpc) is 3.11. The van der Waals surface area contributed by atoms with Gasteiger partial charge in [0, 0.05) is 6.42 Å². The minimum atomic E-state index is -0.983. The number of carboxylic acid groups (broad SMARTS) is 1. The van der Waals surface area contributed by atoms with Gasteiger partial charge in [0.15, 0.2) is 5.82 Å². The highest BCUT2D eigenvalue weighted by molar-refractivity contribution is 5.96. The van der Waals surface area contributed by atoms with Crippen LogP contribution in [0.25, 0.3) is 17.2 Å². The van der Waals surface area contributed by atoms with Crippen molar-refractivity contribution in [1.82, 2.24) is 14.3 Å². The molecule has 0 fully saturated rings. The molecule has 1 heterocycles. The summed E-state index contributed by atoms with van der Waals surface area (Å²) in [5.74, 6) is -0.854. The maximum Gasteiger partial charge on any atom is 0.353 e. The van der Waals surface area contributed by atoms with Crippen LogP contribution >= 0.6 is 0 Å². The lowest BCUT2D eigenvalue weighted by Crippen LogP contribution is -2.30. The van der Waals surface area contributed by atoms with E-state index in [0.717, 1.165) is 28.7 Å². The highest BCUT2D eigenvalue weighted by Gasteiger charge is 2.17. The van der Waals surface area contributed by atoms with Gasteiger partial charge < -0.3 is 5.11 Å². The van der Waals surface area contributed by atoms with E-state index in [0.29, 0.717) is 17.8 Å². The summed E-state index contributed by atoms with van der Waals surface area (Å²) in [5.41, 5.74) is 2.02. The van der Waals surface area contributed by atoms with Crippen LogP contribution in [0.15, 0.2) is 59.4 Å².